The largest absolute Gasteiger partial charge is 0.323 e. The molecule has 0 radical (unpaired) electrons. The van der Waals surface area contributed by atoms with Crippen molar-refractivity contribution in [3.05, 3.63) is 70.2 Å². The quantitative estimate of drug-likeness (QED) is 0.897. The smallest absolute Gasteiger partial charge is 0.0446 e. The van der Waals surface area contributed by atoms with Crippen molar-refractivity contribution in [2.45, 2.75) is 29.9 Å². The number of rotatable bonds is 3. The normalized spacial score (nSPS) is 21.5. The molecule has 0 saturated heterocycles. The molecule has 1 nitrogen and oxygen atoms in total. The number of thioether (sulfide) groups is 1. The van der Waals surface area contributed by atoms with E-state index < -0.39 is 0 Å². The van der Waals surface area contributed by atoms with Gasteiger partial charge in [-0.25, -0.2) is 0 Å². The standard InChI is InChI=1S/C17H18ClNS/c18-15-8-4-2-6-13(15)11-20-16-10-9-12-5-1-3-7-14(12)17(16)19/h1-8,16-17H,9-11,19H2. The maximum Gasteiger partial charge on any atom is 0.0446 e. The van der Waals surface area contributed by atoms with Crippen molar-refractivity contribution in [3.63, 3.8) is 0 Å². The molecule has 20 heavy (non-hydrogen) atoms. The third-order valence-electron chi connectivity index (χ3n) is 3.92. The van der Waals surface area contributed by atoms with Crippen molar-refractivity contribution in [2.24, 2.45) is 5.73 Å². The first-order valence-corrected chi connectivity index (χ1v) is 8.37. The summed E-state index contributed by atoms with van der Waals surface area (Å²) in [5.41, 5.74) is 10.4. The van der Waals surface area contributed by atoms with E-state index in [0.29, 0.717) is 5.25 Å². The first kappa shape index (κ1) is 14.0. The molecule has 1 aliphatic carbocycles. The van der Waals surface area contributed by atoms with Gasteiger partial charge in [0.25, 0.3) is 0 Å². The molecule has 2 aromatic rings. The Morgan fingerprint density at radius 3 is 2.70 bits per heavy atom. The Bertz CT molecular complexity index is 599. The third kappa shape index (κ3) is 2.88. The van der Waals surface area contributed by atoms with Gasteiger partial charge < -0.3 is 5.73 Å². The van der Waals surface area contributed by atoms with Crippen LogP contribution in [0.3, 0.4) is 0 Å². The second kappa shape index (κ2) is 6.21. The topological polar surface area (TPSA) is 26.0 Å². The summed E-state index contributed by atoms with van der Waals surface area (Å²) in [6, 6.07) is 16.7. The molecule has 0 spiro atoms. The summed E-state index contributed by atoms with van der Waals surface area (Å²) in [6.07, 6.45) is 2.28. The van der Waals surface area contributed by atoms with Crippen molar-refractivity contribution in [3.8, 4) is 0 Å². The van der Waals surface area contributed by atoms with E-state index in [1.165, 1.54) is 16.7 Å². The molecule has 0 aliphatic heterocycles. The Hall–Kier alpha value is -0.960. The molecule has 104 valence electrons. The minimum absolute atomic E-state index is 0.132. The van der Waals surface area contributed by atoms with Gasteiger partial charge in [-0.05, 0) is 35.6 Å². The number of benzene rings is 2. The Kier molecular flexibility index (Phi) is 4.35. The zero-order valence-electron chi connectivity index (χ0n) is 11.3. The van der Waals surface area contributed by atoms with Gasteiger partial charge in [-0.1, -0.05) is 54.1 Å². The lowest BCUT2D eigenvalue weighted by Crippen LogP contribution is -2.29. The van der Waals surface area contributed by atoms with Crippen LogP contribution in [0.15, 0.2) is 48.5 Å². The van der Waals surface area contributed by atoms with Crippen molar-refractivity contribution >= 4 is 23.4 Å². The molecule has 0 aromatic heterocycles. The van der Waals surface area contributed by atoms with Crippen LogP contribution in [0.4, 0.5) is 0 Å². The van der Waals surface area contributed by atoms with Crippen LogP contribution in [0.25, 0.3) is 0 Å². The summed E-state index contributed by atoms with van der Waals surface area (Å²) >= 11 is 8.14. The summed E-state index contributed by atoms with van der Waals surface area (Å²) in [5, 5.41) is 1.32. The van der Waals surface area contributed by atoms with Gasteiger partial charge in [0.1, 0.15) is 0 Å². The average molecular weight is 304 g/mol. The van der Waals surface area contributed by atoms with Crippen LogP contribution in [0.5, 0.6) is 0 Å². The fraction of sp³-hybridized carbons (Fsp3) is 0.294. The molecular weight excluding hydrogens is 286 g/mol. The molecule has 2 aromatic carbocycles. The lowest BCUT2D eigenvalue weighted by atomic mass is 9.88. The minimum Gasteiger partial charge on any atom is -0.323 e. The Morgan fingerprint density at radius 2 is 1.85 bits per heavy atom. The fourth-order valence-corrected chi connectivity index (χ4v) is 4.33. The number of hydrogen-bond donors (Lipinski definition) is 1. The number of aryl methyl sites for hydroxylation is 1. The van der Waals surface area contributed by atoms with E-state index >= 15 is 0 Å². The van der Waals surface area contributed by atoms with Crippen LogP contribution in [0.1, 0.15) is 29.2 Å². The van der Waals surface area contributed by atoms with Crippen molar-refractivity contribution in [1.82, 2.24) is 0 Å². The Labute approximate surface area is 129 Å². The first-order chi connectivity index (χ1) is 9.75. The molecule has 2 unspecified atom stereocenters. The van der Waals surface area contributed by atoms with Crippen LogP contribution in [0, 0.1) is 0 Å². The predicted octanol–water partition coefficient (Wildman–Crippen LogP) is 4.59. The van der Waals surface area contributed by atoms with Gasteiger partial charge in [0.05, 0.1) is 0 Å². The SMILES string of the molecule is NC1c2ccccc2CCC1SCc1ccccc1Cl. The van der Waals surface area contributed by atoms with E-state index in [1.807, 2.05) is 30.0 Å². The van der Waals surface area contributed by atoms with E-state index in [4.69, 9.17) is 17.3 Å². The highest BCUT2D eigenvalue weighted by Gasteiger charge is 2.26. The van der Waals surface area contributed by atoms with E-state index in [-0.39, 0.29) is 6.04 Å². The second-order valence-corrected chi connectivity index (χ2v) is 6.84. The molecule has 0 saturated carbocycles. The summed E-state index contributed by atoms with van der Waals surface area (Å²) < 4.78 is 0. The van der Waals surface area contributed by atoms with E-state index in [0.717, 1.165) is 23.6 Å². The van der Waals surface area contributed by atoms with Crippen LogP contribution in [0.2, 0.25) is 5.02 Å². The van der Waals surface area contributed by atoms with E-state index in [2.05, 4.69) is 30.3 Å². The van der Waals surface area contributed by atoms with E-state index in [9.17, 15) is 0 Å². The predicted molar refractivity (Wildman–Crippen MR) is 88.2 cm³/mol. The molecular formula is C17H18ClNS. The molecule has 2 atom stereocenters. The lowest BCUT2D eigenvalue weighted by molar-refractivity contribution is 0.586. The zero-order chi connectivity index (χ0) is 13.9. The van der Waals surface area contributed by atoms with Gasteiger partial charge in [0.2, 0.25) is 0 Å². The maximum atomic E-state index is 6.44. The van der Waals surface area contributed by atoms with Gasteiger partial charge in [-0.3, -0.25) is 0 Å². The first-order valence-electron chi connectivity index (χ1n) is 6.94. The fourth-order valence-electron chi connectivity index (χ4n) is 2.76. The highest BCUT2D eigenvalue weighted by atomic mass is 35.5. The Morgan fingerprint density at radius 1 is 1.10 bits per heavy atom. The third-order valence-corrected chi connectivity index (χ3v) is 5.73. The van der Waals surface area contributed by atoms with Gasteiger partial charge in [0, 0.05) is 22.1 Å². The monoisotopic (exact) mass is 303 g/mol. The van der Waals surface area contributed by atoms with Crippen molar-refractivity contribution in [2.75, 3.05) is 0 Å². The highest BCUT2D eigenvalue weighted by Crippen LogP contribution is 2.37. The molecule has 0 fully saturated rings. The molecule has 1 aliphatic rings. The maximum absolute atomic E-state index is 6.44. The summed E-state index contributed by atoms with van der Waals surface area (Å²) in [6.45, 7) is 0. The van der Waals surface area contributed by atoms with Crippen LogP contribution in [-0.2, 0) is 12.2 Å². The van der Waals surface area contributed by atoms with Crippen LogP contribution in [-0.4, -0.2) is 5.25 Å². The molecule has 0 amide bonds. The van der Waals surface area contributed by atoms with Gasteiger partial charge in [-0.2, -0.15) is 11.8 Å². The summed E-state index contributed by atoms with van der Waals surface area (Å²) in [4.78, 5) is 0. The summed E-state index contributed by atoms with van der Waals surface area (Å²) in [5.74, 6) is 0.931. The molecule has 2 N–H and O–H groups in total. The summed E-state index contributed by atoms with van der Waals surface area (Å²) in [7, 11) is 0. The Balaban J connectivity index is 1.69. The van der Waals surface area contributed by atoms with Crippen molar-refractivity contribution < 1.29 is 0 Å². The number of halogens is 1. The molecule has 0 heterocycles. The number of hydrogen-bond acceptors (Lipinski definition) is 2. The second-order valence-electron chi connectivity index (χ2n) is 5.20. The number of fused-ring (bicyclic) bond motifs is 1. The van der Waals surface area contributed by atoms with Gasteiger partial charge >= 0.3 is 0 Å². The molecule has 3 heteroatoms. The number of nitrogens with two attached hydrogens (primary N) is 1. The zero-order valence-corrected chi connectivity index (χ0v) is 12.8. The highest BCUT2D eigenvalue weighted by molar-refractivity contribution is 7.99. The molecule has 3 rings (SSSR count). The lowest BCUT2D eigenvalue weighted by Gasteiger charge is -2.30. The van der Waals surface area contributed by atoms with E-state index in [1.54, 1.807) is 0 Å². The average Bonchev–Trinajstić information content (AvgIpc) is 2.48. The van der Waals surface area contributed by atoms with Crippen LogP contribution < -0.4 is 5.73 Å². The van der Waals surface area contributed by atoms with Crippen LogP contribution >= 0.6 is 23.4 Å². The minimum atomic E-state index is 0.132. The molecule has 0 bridgehead atoms. The van der Waals surface area contributed by atoms with Gasteiger partial charge in [-0.15, -0.1) is 0 Å². The van der Waals surface area contributed by atoms with Gasteiger partial charge in [0.15, 0.2) is 0 Å². The van der Waals surface area contributed by atoms with Crippen molar-refractivity contribution in [1.29, 1.82) is 0 Å².